The van der Waals surface area contributed by atoms with E-state index in [-0.39, 0.29) is 5.78 Å². The second kappa shape index (κ2) is 4.71. The van der Waals surface area contributed by atoms with E-state index >= 15 is 0 Å². The predicted octanol–water partition coefficient (Wildman–Crippen LogP) is 3.28. The van der Waals surface area contributed by atoms with Gasteiger partial charge in [0.2, 0.25) is 0 Å². The molecule has 0 bridgehead atoms. The molecule has 0 aliphatic heterocycles. The SMILES string of the molecule is Cc1ccc(C(C#N)C(=O)CC2CC2)cc1C. The van der Waals surface area contributed by atoms with Gasteiger partial charge in [-0.1, -0.05) is 18.2 Å². The molecule has 1 aromatic carbocycles. The summed E-state index contributed by atoms with van der Waals surface area (Å²) in [6, 6.07) is 8.00. The lowest BCUT2D eigenvalue weighted by molar-refractivity contribution is -0.119. The second-order valence-electron chi connectivity index (χ2n) is 5.02. The van der Waals surface area contributed by atoms with Crippen molar-refractivity contribution in [2.75, 3.05) is 0 Å². The summed E-state index contributed by atoms with van der Waals surface area (Å²) in [5.74, 6) is 0.0537. The molecule has 0 amide bonds. The van der Waals surface area contributed by atoms with Crippen molar-refractivity contribution >= 4 is 5.78 Å². The first-order valence-electron chi connectivity index (χ1n) is 6.11. The topological polar surface area (TPSA) is 40.9 Å². The molecule has 88 valence electrons. The summed E-state index contributed by atoms with van der Waals surface area (Å²) >= 11 is 0. The largest absolute Gasteiger partial charge is 0.298 e. The number of aryl methyl sites for hydroxylation is 2. The summed E-state index contributed by atoms with van der Waals surface area (Å²) in [6.07, 6.45) is 2.87. The van der Waals surface area contributed by atoms with Crippen molar-refractivity contribution in [1.82, 2.24) is 0 Å². The zero-order chi connectivity index (χ0) is 12.4. The van der Waals surface area contributed by atoms with Crippen LogP contribution in [-0.2, 0) is 4.79 Å². The molecule has 1 aliphatic carbocycles. The van der Waals surface area contributed by atoms with Crippen molar-refractivity contribution in [1.29, 1.82) is 5.26 Å². The Kier molecular flexibility index (Phi) is 3.28. The van der Waals surface area contributed by atoms with Gasteiger partial charge in [0.25, 0.3) is 0 Å². The minimum Gasteiger partial charge on any atom is -0.298 e. The Hall–Kier alpha value is -1.62. The molecule has 0 N–H and O–H groups in total. The lowest BCUT2D eigenvalue weighted by Crippen LogP contribution is -2.11. The van der Waals surface area contributed by atoms with Crippen LogP contribution >= 0.6 is 0 Å². The molecule has 1 aliphatic rings. The molecule has 0 heterocycles. The number of benzene rings is 1. The average molecular weight is 227 g/mol. The molecule has 0 spiro atoms. The standard InChI is InChI=1S/C15H17NO/c1-10-3-6-13(7-11(10)2)14(9-16)15(17)8-12-4-5-12/h3,6-7,12,14H,4-5,8H2,1-2H3. The van der Waals surface area contributed by atoms with Gasteiger partial charge in [-0.15, -0.1) is 0 Å². The van der Waals surface area contributed by atoms with E-state index in [0.717, 1.165) is 24.0 Å². The van der Waals surface area contributed by atoms with E-state index in [2.05, 4.69) is 6.07 Å². The Morgan fingerprint density at radius 2 is 2.12 bits per heavy atom. The molecule has 1 fully saturated rings. The third-order valence-corrected chi connectivity index (χ3v) is 3.50. The number of carbonyl (C=O) groups excluding carboxylic acids is 1. The molecule has 2 nitrogen and oxygen atoms in total. The number of ketones is 1. The Morgan fingerprint density at radius 1 is 1.41 bits per heavy atom. The van der Waals surface area contributed by atoms with Crippen LogP contribution in [0.15, 0.2) is 18.2 Å². The molecule has 2 rings (SSSR count). The fourth-order valence-electron chi connectivity index (χ4n) is 2.00. The molecule has 2 heteroatoms. The number of carbonyl (C=O) groups is 1. The molecule has 1 saturated carbocycles. The Labute approximate surface area is 102 Å². The summed E-state index contributed by atoms with van der Waals surface area (Å²) in [5, 5.41) is 9.17. The van der Waals surface area contributed by atoms with Crippen LogP contribution < -0.4 is 0 Å². The van der Waals surface area contributed by atoms with Gasteiger partial charge in [-0.05, 0) is 49.3 Å². The highest BCUT2D eigenvalue weighted by atomic mass is 16.1. The predicted molar refractivity (Wildman–Crippen MR) is 66.6 cm³/mol. The van der Waals surface area contributed by atoms with Crippen LogP contribution in [-0.4, -0.2) is 5.78 Å². The Morgan fingerprint density at radius 3 is 2.65 bits per heavy atom. The third kappa shape index (κ3) is 2.74. The number of hydrogen-bond donors (Lipinski definition) is 0. The van der Waals surface area contributed by atoms with Gasteiger partial charge in [0, 0.05) is 6.42 Å². The minimum atomic E-state index is -0.574. The summed E-state index contributed by atoms with van der Waals surface area (Å²) in [6.45, 7) is 4.05. The summed E-state index contributed by atoms with van der Waals surface area (Å²) in [5.41, 5.74) is 3.18. The highest BCUT2D eigenvalue weighted by Crippen LogP contribution is 2.34. The average Bonchev–Trinajstić information content (AvgIpc) is 3.08. The first kappa shape index (κ1) is 11.9. The summed E-state index contributed by atoms with van der Waals surface area (Å²) in [4.78, 5) is 12.0. The number of nitrogens with zero attached hydrogens (tertiary/aromatic N) is 1. The van der Waals surface area contributed by atoms with Crippen LogP contribution in [0, 0.1) is 31.1 Å². The fourth-order valence-corrected chi connectivity index (χ4v) is 2.00. The van der Waals surface area contributed by atoms with Gasteiger partial charge in [0.15, 0.2) is 5.78 Å². The number of rotatable bonds is 4. The van der Waals surface area contributed by atoms with E-state index in [1.54, 1.807) is 0 Å². The van der Waals surface area contributed by atoms with Gasteiger partial charge in [-0.2, -0.15) is 5.26 Å². The lowest BCUT2D eigenvalue weighted by Gasteiger charge is -2.10. The van der Waals surface area contributed by atoms with Crippen molar-refractivity contribution < 1.29 is 4.79 Å². The van der Waals surface area contributed by atoms with Crippen LogP contribution in [0.3, 0.4) is 0 Å². The van der Waals surface area contributed by atoms with Crippen molar-refractivity contribution in [2.45, 2.75) is 39.0 Å². The smallest absolute Gasteiger partial charge is 0.154 e. The maximum Gasteiger partial charge on any atom is 0.154 e. The van der Waals surface area contributed by atoms with E-state index in [9.17, 15) is 10.1 Å². The molecule has 1 unspecified atom stereocenters. The Bertz CT molecular complexity index is 480. The molecule has 0 saturated heterocycles. The van der Waals surface area contributed by atoms with Gasteiger partial charge < -0.3 is 0 Å². The van der Waals surface area contributed by atoms with Crippen molar-refractivity contribution in [3.63, 3.8) is 0 Å². The fraction of sp³-hybridized carbons (Fsp3) is 0.467. The first-order valence-corrected chi connectivity index (χ1v) is 6.11. The quantitative estimate of drug-likeness (QED) is 0.792. The second-order valence-corrected chi connectivity index (χ2v) is 5.02. The van der Waals surface area contributed by atoms with Crippen molar-refractivity contribution in [2.24, 2.45) is 5.92 Å². The highest BCUT2D eigenvalue weighted by molar-refractivity contribution is 5.88. The van der Waals surface area contributed by atoms with Crippen LogP contribution in [0.4, 0.5) is 0 Å². The van der Waals surface area contributed by atoms with Gasteiger partial charge in [-0.25, -0.2) is 0 Å². The maximum absolute atomic E-state index is 12.0. The molecule has 0 radical (unpaired) electrons. The lowest BCUT2D eigenvalue weighted by atomic mass is 9.91. The van der Waals surface area contributed by atoms with E-state index in [4.69, 9.17) is 0 Å². The third-order valence-electron chi connectivity index (χ3n) is 3.50. The maximum atomic E-state index is 12.0. The first-order chi connectivity index (χ1) is 8.11. The van der Waals surface area contributed by atoms with Crippen molar-refractivity contribution in [3.8, 4) is 6.07 Å². The van der Waals surface area contributed by atoms with Gasteiger partial charge in [-0.3, -0.25) is 4.79 Å². The highest BCUT2D eigenvalue weighted by Gasteiger charge is 2.29. The molecule has 1 aromatic rings. The number of hydrogen-bond acceptors (Lipinski definition) is 2. The van der Waals surface area contributed by atoms with Crippen molar-refractivity contribution in [3.05, 3.63) is 34.9 Å². The monoisotopic (exact) mass is 227 g/mol. The zero-order valence-electron chi connectivity index (χ0n) is 10.4. The number of Topliss-reactive ketones (excluding diaryl/α,β-unsaturated/α-hetero) is 1. The molecule has 0 aromatic heterocycles. The van der Waals surface area contributed by atoms with E-state index in [1.807, 2.05) is 32.0 Å². The number of nitriles is 1. The van der Waals surface area contributed by atoms with Gasteiger partial charge in [0.05, 0.1) is 6.07 Å². The molecular formula is C15H17NO. The zero-order valence-corrected chi connectivity index (χ0v) is 10.4. The Balaban J connectivity index is 2.19. The van der Waals surface area contributed by atoms with Crippen LogP contribution in [0.1, 0.15) is 41.9 Å². The normalized spacial score (nSPS) is 16.3. The summed E-state index contributed by atoms with van der Waals surface area (Å²) in [7, 11) is 0. The van der Waals surface area contributed by atoms with Gasteiger partial charge >= 0.3 is 0 Å². The van der Waals surface area contributed by atoms with Crippen LogP contribution in [0.2, 0.25) is 0 Å². The molecular weight excluding hydrogens is 210 g/mol. The van der Waals surface area contributed by atoms with E-state index in [0.29, 0.717) is 12.3 Å². The minimum absolute atomic E-state index is 0.0817. The van der Waals surface area contributed by atoms with Crippen LogP contribution in [0.25, 0.3) is 0 Å². The molecule has 1 atom stereocenters. The van der Waals surface area contributed by atoms with E-state index in [1.165, 1.54) is 5.56 Å². The molecule has 17 heavy (non-hydrogen) atoms. The van der Waals surface area contributed by atoms with E-state index < -0.39 is 5.92 Å². The van der Waals surface area contributed by atoms with Gasteiger partial charge in [0.1, 0.15) is 5.92 Å². The summed E-state index contributed by atoms with van der Waals surface area (Å²) < 4.78 is 0. The van der Waals surface area contributed by atoms with Crippen LogP contribution in [0.5, 0.6) is 0 Å².